The molecule has 0 saturated heterocycles. The molecule has 8 nitrogen and oxygen atoms in total. The van der Waals surface area contributed by atoms with Crippen molar-refractivity contribution in [2.45, 2.75) is 20.4 Å². The zero-order valence-electron chi connectivity index (χ0n) is 13.6. The molecule has 1 amide bonds. The van der Waals surface area contributed by atoms with Crippen molar-refractivity contribution in [2.75, 3.05) is 0 Å². The van der Waals surface area contributed by atoms with E-state index in [1.807, 2.05) is 6.92 Å². The van der Waals surface area contributed by atoms with Gasteiger partial charge in [0.2, 0.25) is 0 Å². The van der Waals surface area contributed by atoms with Crippen molar-refractivity contribution in [1.82, 2.24) is 15.2 Å². The van der Waals surface area contributed by atoms with Gasteiger partial charge in [0.25, 0.3) is 0 Å². The Kier molecular flexibility index (Phi) is 6.79. The number of rotatable bonds is 6. The highest BCUT2D eigenvalue weighted by molar-refractivity contribution is 9.14. The second-order valence-electron chi connectivity index (χ2n) is 5.07. The molecule has 2 N–H and O–H groups in total. The lowest BCUT2D eigenvalue weighted by molar-refractivity contribution is -0.131. The van der Waals surface area contributed by atoms with E-state index in [1.54, 1.807) is 17.7 Å². The molecule has 138 valence electrons. The molecule has 0 unspecified atom stereocenters. The highest BCUT2D eigenvalue weighted by Crippen LogP contribution is 2.20. The SMILES string of the molecule is Cc1nn(Cc2ccc(C(=O)N/N=C\C(Br)=C(/Br)C(=O)O)o2)c(C)c1Cl. The standard InChI is InChI=1S/C15H13Br2ClN4O4/c1-7-13(18)8(2)22(21-7)6-9-3-4-11(26-9)14(23)20-19-5-10(16)12(17)15(24)25/h3-5H,6H2,1-2H3,(H,20,23)(H,24,25)/b12-10+,19-5-. The largest absolute Gasteiger partial charge is 0.477 e. The molecule has 0 radical (unpaired) electrons. The maximum Gasteiger partial charge on any atom is 0.344 e. The average molecular weight is 509 g/mol. The highest BCUT2D eigenvalue weighted by atomic mass is 79.9. The number of carboxylic acids is 1. The summed E-state index contributed by atoms with van der Waals surface area (Å²) in [6.07, 6.45) is 1.14. The van der Waals surface area contributed by atoms with E-state index in [2.05, 4.69) is 47.5 Å². The number of hydrogen-bond acceptors (Lipinski definition) is 5. The van der Waals surface area contributed by atoms with Gasteiger partial charge in [0.15, 0.2) is 5.76 Å². The molecular formula is C15H13Br2ClN4O4. The molecule has 0 aromatic carbocycles. The van der Waals surface area contributed by atoms with Crippen LogP contribution in [0.15, 0.2) is 30.6 Å². The number of furan rings is 1. The third kappa shape index (κ3) is 4.83. The van der Waals surface area contributed by atoms with Crippen LogP contribution in [0.4, 0.5) is 0 Å². The number of carbonyl (C=O) groups excluding carboxylic acids is 1. The molecule has 2 heterocycles. The van der Waals surface area contributed by atoms with Crippen molar-refractivity contribution in [3.8, 4) is 0 Å². The molecule has 0 spiro atoms. The van der Waals surface area contributed by atoms with Gasteiger partial charge < -0.3 is 9.52 Å². The van der Waals surface area contributed by atoms with Gasteiger partial charge in [-0.3, -0.25) is 9.48 Å². The second kappa shape index (κ2) is 8.65. The van der Waals surface area contributed by atoms with Crippen molar-refractivity contribution in [1.29, 1.82) is 0 Å². The Labute approximate surface area is 170 Å². The molecule has 0 aliphatic rings. The van der Waals surface area contributed by atoms with Gasteiger partial charge in [-0.05, 0) is 57.8 Å². The molecule has 0 saturated carbocycles. The molecule has 2 aromatic rings. The van der Waals surface area contributed by atoms with E-state index in [1.165, 1.54) is 6.07 Å². The number of hydrazone groups is 1. The zero-order valence-corrected chi connectivity index (χ0v) is 17.5. The molecule has 2 aromatic heterocycles. The predicted octanol–water partition coefficient (Wildman–Crippen LogP) is 3.60. The number of aromatic nitrogens is 2. The highest BCUT2D eigenvalue weighted by Gasteiger charge is 2.14. The Hall–Kier alpha value is -1.91. The van der Waals surface area contributed by atoms with Crippen LogP contribution in [0.1, 0.15) is 27.7 Å². The number of amides is 1. The molecular weight excluding hydrogens is 495 g/mol. The van der Waals surface area contributed by atoms with Crippen molar-refractivity contribution in [3.05, 3.63) is 49.0 Å². The van der Waals surface area contributed by atoms with Crippen LogP contribution < -0.4 is 5.43 Å². The lowest BCUT2D eigenvalue weighted by Gasteiger charge is -2.01. The van der Waals surface area contributed by atoms with Crippen molar-refractivity contribution in [3.63, 3.8) is 0 Å². The summed E-state index contributed by atoms with van der Waals surface area (Å²) in [5.41, 5.74) is 3.76. The van der Waals surface area contributed by atoms with Gasteiger partial charge in [-0.1, -0.05) is 11.6 Å². The van der Waals surface area contributed by atoms with Gasteiger partial charge in [0, 0.05) is 0 Å². The first-order valence-electron chi connectivity index (χ1n) is 7.11. The fourth-order valence-corrected chi connectivity index (χ4v) is 2.43. The van der Waals surface area contributed by atoms with Gasteiger partial charge in [0.05, 0.1) is 33.7 Å². The van der Waals surface area contributed by atoms with Crippen LogP contribution in [0.3, 0.4) is 0 Å². The predicted molar refractivity (Wildman–Crippen MR) is 103 cm³/mol. The van der Waals surface area contributed by atoms with E-state index in [-0.39, 0.29) is 14.7 Å². The zero-order chi connectivity index (χ0) is 19.4. The Morgan fingerprint density at radius 2 is 2.12 bits per heavy atom. The minimum atomic E-state index is -1.17. The van der Waals surface area contributed by atoms with Crippen LogP contribution >= 0.6 is 43.5 Å². The summed E-state index contributed by atoms with van der Waals surface area (Å²) in [6, 6.07) is 3.16. The third-order valence-electron chi connectivity index (χ3n) is 3.23. The summed E-state index contributed by atoms with van der Waals surface area (Å²) >= 11 is 12.0. The molecule has 0 aliphatic carbocycles. The lowest BCUT2D eigenvalue weighted by Crippen LogP contribution is -2.16. The van der Waals surface area contributed by atoms with Crippen molar-refractivity contribution in [2.24, 2.45) is 5.10 Å². The van der Waals surface area contributed by atoms with Gasteiger partial charge in [-0.15, -0.1) is 0 Å². The number of halogens is 3. The molecule has 0 bridgehead atoms. The van der Waals surface area contributed by atoms with Crippen molar-refractivity contribution >= 4 is 61.6 Å². The summed E-state index contributed by atoms with van der Waals surface area (Å²) in [6.45, 7) is 3.98. The molecule has 0 atom stereocenters. The summed E-state index contributed by atoms with van der Waals surface area (Å²) < 4.78 is 7.20. The number of carboxylic acid groups (broad SMARTS) is 1. The van der Waals surface area contributed by atoms with Crippen LogP contribution in [-0.4, -0.2) is 33.0 Å². The first kappa shape index (κ1) is 20.4. The number of hydrogen-bond donors (Lipinski definition) is 2. The van der Waals surface area contributed by atoms with Gasteiger partial charge >= 0.3 is 11.9 Å². The lowest BCUT2D eigenvalue weighted by atomic mass is 10.4. The number of aryl methyl sites for hydroxylation is 1. The maximum absolute atomic E-state index is 12.0. The van der Waals surface area contributed by atoms with Crippen LogP contribution in [-0.2, 0) is 11.3 Å². The monoisotopic (exact) mass is 506 g/mol. The second-order valence-corrected chi connectivity index (χ2v) is 7.10. The Morgan fingerprint density at radius 3 is 2.69 bits per heavy atom. The Morgan fingerprint density at radius 1 is 1.42 bits per heavy atom. The molecule has 11 heteroatoms. The summed E-state index contributed by atoms with van der Waals surface area (Å²) in [4.78, 5) is 22.7. The summed E-state index contributed by atoms with van der Waals surface area (Å²) in [5.74, 6) is -1.17. The van der Waals surface area contributed by atoms with Crippen LogP contribution in [0.25, 0.3) is 0 Å². The van der Waals surface area contributed by atoms with E-state index >= 15 is 0 Å². The number of carbonyl (C=O) groups is 2. The molecule has 0 aliphatic heterocycles. The van der Waals surface area contributed by atoms with Crippen LogP contribution in [0.5, 0.6) is 0 Å². The molecule has 0 fully saturated rings. The van der Waals surface area contributed by atoms with Crippen LogP contribution in [0, 0.1) is 13.8 Å². The Balaban J connectivity index is 2.03. The quantitative estimate of drug-likeness (QED) is 0.352. The first-order valence-corrected chi connectivity index (χ1v) is 9.07. The fraction of sp³-hybridized carbons (Fsp3) is 0.200. The summed E-state index contributed by atoms with van der Waals surface area (Å²) in [5, 5.41) is 17.3. The number of nitrogens with one attached hydrogen (secondary N) is 1. The Bertz CT molecular complexity index is 917. The minimum absolute atomic E-state index is 0.0576. The number of aliphatic carboxylic acids is 1. The first-order chi connectivity index (χ1) is 12.2. The van der Waals surface area contributed by atoms with Gasteiger partial charge in [-0.2, -0.15) is 10.2 Å². The van der Waals surface area contributed by atoms with Crippen LogP contribution in [0.2, 0.25) is 5.02 Å². The number of nitrogens with zero attached hydrogens (tertiary/aromatic N) is 3. The summed E-state index contributed by atoms with van der Waals surface area (Å²) in [7, 11) is 0. The van der Waals surface area contributed by atoms with E-state index in [9.17, 15) is 9.59 Å². The minimum Gasteiger partial charge on any atom is -0.477 e. The van der Waals surface area contributed by atoms with Crippen molar-refractivity contribution < 1.29 is 19.1 Å². The van der Waals surface area contributed by atoms with E-state index in [0.29, 0.717) is 23.0 Å². The fourth-order valence-electron chi connectivity index (χ4n) is 1.92. The van der Waals surface area contributed by atoms with Gasteiger partial charge in [-0.25, -0.2) is 10.2 Å². The number of allylic oxidation sites excluding steroid dienone is 1. The van der Waals surface area contributed by atoms with E-state index in [4.69, 9.17) is 21.1 Å². The smallest absolute Gasteiger partial charge is 0.344 e. The third-order valence-corrected chi connectivity index (χ3v) is 5.67. The van der Waals surface area contributed by atoms with E-state index in [0.717, 1.165) is 11.9 Å². The average Bonchev–Trinajstić information content (AvgIpc) is 3.15. The normalized spacial score (nSPS) is 12.3. The molecule has 2 rings (SSSR count). The van der Waals surface area contributed by atoms with Gasteiger partial charge in [0.1, 0.15) is 10.2 Å². The van der Waals surface area contributed by atoms with E-state index < -0.39 is 11.9 Å². The maximum atomic E-state index is 12.0. The topological polar surface area (TPSA) is 110 Å². The molecule has 26 heavy (non-hydrogen) atoms.